The molecule has 26 heavy (non-hydrogen) atoms. The Labute approximate surface area is 147 Å². The quantitative estimate of drug-likeness (QED) is 0.771. The summed E-state index contributed by atoms with van der Waals surface area (Å²) in [7, 11) is 1.24. The molecule has 0 spiro atoms. The number of methoxy groups -OCH3 is 1. The number of alkyl halides is 3. The second-order valence-electron chi connectivity index (χ2n) is 6.28. The molecular formula is C17H19F4NO4. The lowest BCUT2D eigenvalue weighted by molar-refractivity contribution is -0.186. The summed E-state index contributed by atoms with van der Waals surface area (Å²) in [6.07, 6.45) is -4.32. The number of hydrogen-bond donors (Lipinski definition) is 2. The van der Waals surface area contributed by atoms with Gasteiger partial charge in [0.25, 0.3) is 0 Å². The number of aliphatic carboxylic acids is 1. The van der Waals surface area contributed by atoms with E-state index in [2.05, 4.69) is 5.32 Å². The number of carbonyl (C=O) groups is 2. The van der Waals surface area contributed by atoms with Crippen molar-refractivity contribution in [1.82, 2.24) is 5.32 Å². The molecule has 0 heterocycles. The van der Waals surface area contributed by atoms with Crippen LogP contribution in [0, 0.1) is 17.7 Å². The molecule has 0 bridgehead atoms. The average molecular weight is 377 g/mol. The Balaban J connectivity index is 2.13. The molecular weight excluding hydrogens is 358 g/mol. The SMILES string of the molecule is COc1ccc(C(NC(=O)C2CCCC(C(F)(F)F)C2)C(=O)O)cc1F. The standard InChI is InChI=1S/C17H19F4NO4/c1-26-13-6-5-9(8-12(13)18)14(16(24)25)22-15(23)10-3-2-4-11(7-10)17(19,20)21/h5-6,8,10-11,14H,2-4,7H2,1H3,(H,22,23)(H,24,25). The lowest BCUT2D eigenvalue weighted by Gasteiger charge is -2.30. The monoisotopic (exact) mass is 377 g/mol. The number of ether oxygens (including phenoxy) is 1. The van der Waals surface area contributed by atoms with E-state index < -0.39 is 41.7 Å². The van der Waals surface area contributed by atoms with Gasteiger partial charge in [-0.15, -0.1) is 0 Å². The fourth-order valence-corrected chi connectivity index (χ4v) is 3.14. The van der Waals surface area contributed by atoms with Crippen LogP contribution in [-0.4, -0.2) is 30.3 Å². The van der Waals surface area contributed by atoms with E-state index in [9.17, 15) is 32.3 Å². The topological polar surface area (TPSA) is 75.6 Å². The van der Waals surface area contributed by atoms with E-state index in [0.29, 0.717) is 0 Å². The Kier molecular flexibility index (Phi) is 6.09. The minimum Gasteiger partial charge on any atom is -0.494 e. The summed E-state index contributed by atoms with van der Waals surface area (Å²) < 4.78 is 57.1. The summed E-state index contributed by atoms with van der Waals surface area (Å²) >= 11 is 0. The second kappa shape index (κ2) is 7.92. The van der Waals surface area contributed by atoms with Gasteiger partial charge in [0.1, 0.15) is 0 Å². The molecule has 5 nitrogen and oxygen atoms in total. The fourth-order valence-electron chi connectivity index (χ4n) is 3.14. The van der Waals surface area contributed by atoms with Gasteiger partial charge >= 0.3 is 12.1 Å². The molecule has 3 atom stereocenters. The van der Waals surface area contributed by atoms with Crippen molar-refractivity contribution >= 4 is 11.9 Å². The van der Waals surface area contributed by atoms with E-state index in [1.54, 1.807) is 0 Å². The Bertz CT molecular complexity index is 677. The number of hydrogen-bond acceptors (Lipinski definition) is 3. The van der Waals surface area contributed by atoms with Crippen LogP contribution in [0.5, 0.6) is 5.75 Å². The Morgan fingerprint density at radius 3 is 2.54 bits per heavy atom. The Morgan fingerprint density at radius 1 is 1.31 bits per heavy atom. The van der Waals surface area contributed by atoms with Crippen molar-refractivity contribution in [2.24, 2.45) is 11.8 Å². The van der Waals surface area contributed by atoms with Gasteiger partial charge in [0.15, 0.2) is 17.6 Å². The molecule has 0 saturated heterocycles. The summed E-state index contributed by atoms with van der Waals surface area (Å²) in [5.41, 5.74) is -0.0349. The minimum atomic E-state index is -4.38. The van der Waals surface area contributed by atoms with Crippen LogP contribution in [0.15, 0.2) is 18.2 Å². The van der Waals surface area contributed by atoms with Gasteiger partial charge in [-0.05, 0) is 37.0 Å². The van der Waals surface area contributed by atoms with Crippen LogP contribution >= 0.6 is 0 Å². The second-order valence-corrected chi connectivity index (χ2v) is 6.28. The van der Waals surface area contributed by atoms with E-state index in [0.717, 1.165) is 6.07 Å². The molecule has 2 rings (SSSR count). The fraction of sp³-hybridized carbons (Fsp3) is 0.529. The lowest BCUT2D eigenvalue weighted by atomic mass is 9.80. The van der Waals surface area contributed by atoms with Crippen LogP contribution in [0.25, 0.3) is 0 Å². The predicted octanol–water partition coefficient (Wildman–Crippen LogP) is 3.44. The maximum Gasteiger partial charge on any atom is 0.391 e. The van der Waals surface area contributed by atoms with Gasteiger partial charge in [-0.1, -0.05) is 12.5 Å². The van der Waals surface area contributed by atoms with Crippen LogP contribution in [0.4, 0.5) is 17.6 Å². The number of benzene rings is 1. The van der Waals surface area contributed by atoms with E-state index in [1.165, 1.54) is 19.2 Å². The Morgan fingerprint density at radius 2 is 2.00 bits per heavy atom. The Hall–Kier alpha value is -2.32. The van der Waals surface area contributed by atoms with Crippen LogP contribution < -0.4 is 10.1 Å². The highest BCUT2D eigenvalue weighted by Crippen LogP contribution is 2.40. The van der Waals surface area contributed by atoms with Gasteiger partial charge < -0.3 is 15.2 Å². The van der Waals surface area contributed by atoms with E-state index >= 15 is 0 Å². The molecule has 1 fully saturated rings. The van der Waals surface area contributed by atoms with Crippen molar-refractivity contribution in [3.05, 3.63) is 29.6 Å². The van der Waals surface area contributed by atoms with Gasteiger partial charge in [0, 0.05) is 5.92 Å². The highest BCUT2D eigenvalue weighted by atomic mass is 19.4. The van der Waals surface area contributed by atoms with Gasteiger partial charge in [0.05, 0.1) is 13.0 Å². The molecule has 9 heteroatoms. The summed E-state index contributed by atoms with van der Waals surface area (Å²) in [5, 5.41) is 11.6. The smallest absolute Gasteiger partial charge is 0.391 e. The lowest BCUT2D eigenvalue weighted by Crippen LogP contribution is -2.41. The highest BCUT2D eigenvalue weighted by molar-refractivity contribution is 5.86. The summed E-state index contributed by atoms with van der Waals surface area (Å²) in [6.45, 7) is 0. The largest absolute Gasteiger partial charge is 0.494 e. The molecule has 1 aliphatic rings. The molecule has 1 aromatic carbocycles. The first kappa shape index (κ1) is 20.0. The van der Waals surface area contributed by atoms with Gasteiger partial charge in [0.2, 0.25) is 5.91 Å². The van der Waals surface area contributed by atoms with Gasteiger partial charge in [-0.2, -0.15) is 13.2 Å². The molecule has 1 saturated carbocycles. The van der Waals surface area contributed by atoms with Crippen LogP contribution in [0.2, 0.25) is 0 Å². The van der Waals surface area contributed by atoms with Crippen molar-refractivity contribution in [3.8, 4) is 5.75 Å². The third-order valence-electron chi connectivity index (χ3n) is 4.55. The third-order valence-corrected chi connectivity index (χ3v) is 4.55. The summed E-state index contributed by atoms with van der Waals surface area (Å²) in [4.78, 5) is 23.8. The van der Waals surface area contributed by atoms with Gasteiger partial charge in [-0.25, -0.2) is 9.18 Å². The van der Waals surface area contributed by atoms with E-state index in [4.69, 9.17) is 4.74 Å². The summed E-state index contributed by atoms with van der Waals surface area (Å²) in [5.74, 6) is -5.62. The maximum atomic E-state index is 13.8. The number of halogens is 4. The van der Waals surface area contributed by atoms with Crippen molar-refractivity contribution in [1.29, 1.82) is 0 Å². The number of carbonyl (C=O) groups excluding carboxylic acids is 1. The number of amides is 1. The third kappa shape index (κ3) is 4.64. The molecule has 0 radical (unpaired) electrons. The van der Waals surface area contributed by atoms with Crippen molar-refractivity contribution in [2.45, 2.75) is 37.9 Å². The predicted molar refractivity (Wildman–Crippen MR) is 83.0 cm³/mol. The first-order valence-electron chi connectivity index (χ1n) is 8.06. The van der Waals surface area contributed by atoms with Crippen LogP contribution in [0.3, 0.4) is 0 Å². The zero-order valence-corrected chi connectivity index (χ0v) is 14.0. The molecule has 0 aliphatic heterocycles. The maximum absolute atomic E-state index is 13.8. The normalized spacial score (nSPS) is 21.7. The summed E-state index contributed by atoms with van der Waals surface area (Å²) in [6, 6.07) is 1.85. The molecule has 2 N–H and O–H groups in total. The zero-order chi connectivity index (χ0) is 19.5. The molecule has 1 aromatic rings. The average Bonchev–Trinajstić information content (AvgIpc) is 2.58. The number of rotatable bonds is 5. The zero-order valence-electron chi connectivity index (χ0n) is 14.0. The molecule has 144 valence electrons. The van der Waals surface area contributed by atoms with E-state index in [-0.39, 0.29) is 37.0 Å². The van der Waals surface area contributed by atoms with Crippen molar-refractivity contribution in [3.63, 3.8) is 0 Å². The van der Waals surface area contributed by atoms with Crippen molar-refractivity contribution in [2.75, 3.05) is 7.11 Å². The van der Waals surface area contributed by atoms with Gasteiger partial charge in [-0.3, -0.25) is 4.79 Å². The molecule has 3 unspecified atom stereocenters. The van der Waals surface area contributed by atoms with Crippen LogP contribution in [-0.2, 0) is 9.59 Å². The number of nitrogens with one attached hydrogen (secondary N) is 1. The first-order valence-corrected chi connectivity index (χ1v) is 8.06. The number of carboxylic acid groups (broad SMARTS) is 1. The highest BCUT2D eigenvalue weighted by Gasteiger charge is 2.44. The number of carboxylic acids is 1. The van der Waals surface area contributed by atoms with Crippen molar-refractivity contribution < 1.29 is 37.0 Å². The van der Waals surface area contributed by atoms with E-state index in [1.807, 2.05) is 0 Å². The first-order chi connectivity index (χ1) is 12.1. The molecule has 1 aliphatic carbocycles. The molecule has 0 aromatic heterocycles. The van der Waals surface area contributed by atoms with Crippen LogP contribution in [0.1, 0.15) is 37.3 Å². The minimum absolute atomic E-state index is 0.0349. The molecule has 1 amide bonds.